The number of ether oxygens (including phenoxy) is 1. The largest absolute Gasteiger partial charge is 0.383 e. The monoisotopic (exact) mass is 336 g/mol. The first-order valence-electron chi connectivity index (χ1n) is 6.46. The molecule has 0 aliphatic rings. The van der Waals surface area contributed by atoms with Gasteiger partial charge in [0.25, 0.3) is 5.91 Å². The van der Waals surface area contributed by atoms with Gasteiger partial charge >= 0.3 is 0 Å². The Kier molecular flexibility index (Phi) is 5.49. The molecule has 0 spiro atoms. The second-order valence-electron chi connectivity index (χ2n) is 4.35. The molecule has 0 atom stereocenters. The van der Waals surface area contributed by atoms with E-state index >= 15 is 0 Å². The van der Waals surface area contributed by atoms with Gasteiger partial charge in [-0.2, -0.15) is 0 Å². The van der Waals surface area contributed by atoms with E-state index in [9.17, 15) is 4.79 Å². The Bertz CT molecular complexity index is 584. The summed E-state index contributed by atoms with van der Waals surface area (Å²) >= 11 is 3.39. The quantitative estimate of drug-likeness (QED) is 0.761. The van der Waals surface area contributed by atoms with Crippen molar-refractivity contribution in [2.45, 2.75) is 0 Å². The molecule has 0 saturated carbocycles. The lowest BCUT2D eigenvalue weighted by Crippen LogP contribution is -2.35. The maximum atomic E-state index is 12.7. The lowest BCUT2D eigenvalue weighted by Gasteiger charge is -2.22. The number of carbonyl (C=O) groups is 1. The summed E-state index contributed by atoms with van der Waals surface area (Å²) in [4.78, 5) is 18.8. The van der Waals surface area contributed by atoms with Crippen LogP contribution >= 0.6 is 15.9 Å². The van der Waals surface area contributed by atoms with Gasteiger partial charge in [-0.05, 0) is 18.2 Å². The predicted octanol–water partition coefficient (Wildman–Crippen LogP) is 2.72. The summed E-state index contributed by atoms with van der Waals surface area (Å²) in [5, 5.41) is 1.63. The van der Waals surface area contributed by atoms with Crippen LogP contribution in [-0.4, -0.2) is 47.9 Å². The molecule has 1 heterocycles. The van der Waals surface area contributed by atoms with E-state index in [4.69, 9.17) is 4.74 Å². The van der Waals surface area contributed by atoms with Crippen molar-refractivity contribution in [1.29, 1.82) is 0 Å². The number of hydrogen-bond acceptors (Lipinski definition) is 3. The van der Waals surface area contributed by atoms with Crippen LogP contribution < -0.4 is 0 Å². The fraction of sp³-hybridized carbons (Fsp3) is 0.333. The highest BCUT2D eigenvalue weighted by molar-refractivity contribution is 9.09. The molecule has 106 valence electrons. The van der Waals surface area contributed by atoms with Crippen molar-refractivity contribution in [2.24, 2.45) is 0 Å². The normalized spacial score (nSPS) is 10.7. The number of rotatable bonds is 6. The second kappa shape index (κ2) is 7.36. The van der Waals surface area contributed by atoms with Crippen LogP contribution in [0.4, 0.5) is 0 Å². The maximum Gasteiger partial charge on any atom is 0.254 e. The van der Waals surface area contributed by atoms with Crippen molar-refractivity contribution >= 4 is 32.7 Å². The summed E-state index contributed by atoms with van der Waals surface area (Å²) in [6, 6.07) is 9.41. The smallest absolute Gasteiger partial charge is 0.254 e. The Morgan fingerprint density at radius 2 is 2.15 bits per heavy atom. The average molecular weight is 337 g/mol. The van der Waals surface area contributed by atoms with Crippen LogP contribution in [0.2, 0.25) is 0 Å². The molecule has 1 amide bonds. The standard InChI is InChI=1S/C15H17BrN2O2/c1-20-11-10-18(9-7-16)15(19)13-4-2-6-14-12(13)5-3-8-17-14/h2-6,8H,7,9-11H2,1H3. The number of amides is 1. The Morgan fingerprint density at radius 1 is 1.30 bits per heavy atom. The van der Waals surface area contributed by atoms with Crippen molar-refractivity contribution in [3.8, 4) is 0 Å². The van der Waals surface area contributed by atoms with Crippen molar-refractivity contribution in [2.75, 3.05) is 32.1 Å². The minimum atomic E-state index is 0.0140. The van der Waals surface area contributed by atoms with Gasteiger partial charge in [0.2, 0.25) is 0 Å². The van der Waals surface area contributed by atoms with E-state index in [0.717, 1.165) is 16.2 Å². The third kappa shape index (κ3) is 3.35. The number of pyridine rings is 1. The summed E-state index contributed by atoms with van der Waals surface area (Å²) in [6.07, 6.45) is 1.73. The first kappa shape index (κ1) is 14.9. The summed E-state index contributed by atoms with van der Waals surface area (Å²) in [5.74, 6) is 0.0140. The molecule has 1 aromatic heterocycles. The minimum absolute atomic E-state index is 0.0140. The minimum Gasteiger partial charge on any atom is -0.383 e. The van der Waals surface area contributed by atoms with Crippen LogP contribution in [0.5, 0.6) is 0 Å². The molecular weight excluding hydrogens is 320 g/mol. The van der Waals surface area contributed by atoms with Crippen LogP contribution in [0, 0.1) is 0 Å². The SMILES string of the molecule is COCCN(CCBr)C(=O)c1cccc2ncccc12. The summed E-state index contributed by atoms with van der Waals surface area (Å²) in [7, 11) is 1.64. The van der Waals surface area contributed by atoms with Crippen molar-refractivity contribution < 1.29 is 9.53 Å². The Balaban J connectivity index is 2.33. The first-order chi connectivity index (χ1) is 9.77. The molecular formula is C15H17BrN2O2. The molecule has 5 heteroatoms. The number of fused-ring (bicyclic) bond motifs is 1. The fourth-order valence-corrected chi connectivity index (χ4v) is 2.51. The van der Waals surface area contributed by atoms with Crippen molar-refractivity contribution in [3.63, 3.8) is 0 Å². The van der Waals surface area contributed by atoms with Gasteiger partial charge in [-0.1, -0.05) is 28.1 Å². The zero-order chi connectivity index (χ0) is 14.4. The highest BCUT2D eigenvalue weighted by atomic mass is 79.9. The van der Waals surface area contributed by atoms with E-state index in [2.05, 4.69) is 20.9 Å². The topological polar surface area (TPSA) is 42.4 Å². The van der Waals surface area contributed by atoms with E-state index in [1.807, 2.05) is 30.3 Å². The molecule has 20 heavy (non-hydrogen) atoms. The summed E-state index contributed by atoms with van der Waals surface area (Å²) < 4.78 is 5.07. The average Bonchev–Trinajstić information content (AvgIpc) is 2.50. The number of carbonyl (C=O) groups excluding carboxylic acids is 1. The van der Waals surface area contributed by atoms with E-state index in [0.29, 0.717) is 25.3 Å². The van der Waals surface area contributed by atoms with Crippen LogP contribution in [-0.2, 0) is 4.74 Å². The van der Waals surface area contributed by atoms with Gasteiger partial charge in [-0.3, -0.25) is 9.78 Å². The number of aromatic nitrogens is 1. The third-order valence-corrected chi connectivity index (χ3v) is 3.44. The Hall–Kier alpha value is -1.46. The van der Waals surface area contributed by atoms with Gasteiger partial charge < -0.3 is 9.64 Å². The fourth-order valence-electron chi connectivity index (χ4n) is 2.08. The highest BCUT2D eigenvalue weighted by Crippen LogP contribution is 2.18. The lowest BCUT2D eigenvalue weighted by atomic mass is 10.1. The highest BCUT2D eigenvalue weighted by Gasteiger charge is 2.17. The van der Waals surface area contributed by atoms with Crippen molar-refractivity contribution in [3.05, 3.63) is 42.1 Å². The van der Waals surface area contributed by atoms with E-state index in [-0.39, 0.29) is 5.91 Å². The van der Waals surface area contributed by atoms with Gasteiger partial charge in [0.05, 0.1) is 12.1 Å². The molecule has 2 aromatic rings. The third-order valence-electron chi connectivity index (χ3n) is 3.08. The predicted molar refractivity (Wildman–Crippen MR) is 83.3 cm³/mol. The van der Waals surface area contributed by atoms with E-state index < -0.39 is 0 Å². The van der Waals surface area contributed by atoms with Crippen LogP contribution in [0.15, 0.2) is 36.5 Å². The maximum absolute atomic E-state index is 12.7. The summed E-state index contributed by atoms with van der Waals surface area (Å²) in [6.45, 7) is 1.76. The van der Waals surface area contributed by atoms with Gasteiger partial charge in [-0.15, -0.1) is 0 Å². The molecule has 0 unspecified atom stereocenters. The van der Waals surface area contributed by atoms with Crippen LogP contribution in [0.3, 0.4) is 0 Å². The Labute approximate surface area is 126 Å². The lowest BCUT2D eigenvalue weighted by molar-refractivity contribution is 0.0711. The molecule has 0 radical (unpaired) electrons. The molecule has 0 aliphatic carbocycles. The zero-order valence-corrected chi connectivity index (χ0v) is 13.0. The second-order valence-corrected chi connectivity index (χ2v) is 5.14. The molecule has 1 aromatic carbocycles. The molecule has 0 N–H and O–H groups in total. The van der Waals surface area contributed by atoms with Gasteiger partial charge in [0.15, 0.2) is 0 Å². The number of halogens is 1. The number of methoxy groups -OCH3 is 1. The van der Waals surface area contributed by atoms with Crippen molar-refractivity contribution in [1.82, 2.24) is 9.88 Å². The zero-order valence-electron chi connectivity index (χ0n) is 11.4. The molecule has 0 fully saturated rings. The molecule has 2 rings (SSSR count). The van der Waals surface area contributed by atoms with E-state index in [1.165, 1.54) is 0 Å². The van der Waals surface area contributed by atoms with Gasteiger partial charge in [0, 0.05) is 42.7 Å². The number of nitrogens with zero attached hydrogens (tertiary/aromatic N) is 2. The molecule has 0 bridgehead atoms. The summed E-state index contributed by atoms with van der Waals surface area (Å²) in [5.41, 5.74) is 1.52. The van der Waals surface area contributed by atoms with E-state index in [1.54, 1.807) is 18.2 Å². The van der Waals surface area contributed by atoms with Crippen LogP contribution in [0.1, 0.15) is 10.4 Å². The number of benzene rings is 1. The Morgan fingerprint density at radius 3 is 2.90 bits per heavy atom. The molecule has 0 saturated heterocycles. The van der Waals surface area contributed by atoms with Gasteiger partial charge in [0.1, 0.15) is 0 Å². The number of hydrogen-bond donors (Lipinski definition) is 0. The van der Waals surface area contributed by atoms with Crippen LogP contribution in [0.25, 0.3) is 10.9 Å². The first-order valence-corrected chi connectivity index (χ1v) is 7.58. The molecule has 4 nitrogen and oxygen atoms in total. The molecule has 0 aliphatic heterocycles. The number of alkyl halides is 1. The van der Waals surface area contributed by atoms with Gasteiger partial charge in [-0.25, -0.2) is 0 Å².